The van der Waals surface area contributed by atoms with Gasteiger partial charge in [-0.15, -0.1) is 0 Å². The number of hydrogen-bond acceptors (Lipinski definition) is 4. The number of benzene rings is 1. The van der Waals surface area contributed by atoms with Crippen LogP contribution in [0.4, 0.5) is 5.69 Å². The first-order valence-electron chi connectivity index (χ1n) is 6.89. The molecule has 4 heteroatoms. The van der Waals surface area contributed by atoms with Crippen LogP contribution in [0.2, 0.25) is 0 Å². The molecule has 0 radical (unpaired) electrons. The molecule has 1 N–H and O–H groups in total. The Bertz CT molecular complexity index is 481. The molecule has 1 aliphatic heterocycles. The fraction of sp³-hybridized carbons (Fsp3) is 0.533. The van der Waals surface area contributed by atoms with E-state index in [1.807, 2.05) is 36.0 Å². The van der Waals surface area contributed by atoms with Crippen molar-refractivity contribution in [1.29, 1.82) is 0 Å². The van der Waals surface area contributed by atoms with Crippen molar-refractivity contribution in [3.63, 3.8) is 0 Å². The molecule has 3 rings (SSSR count). The van der Waals surface area contributed by atoms with E-state index in [4.69, 9.17) is 9.73 Å². The van der Waals surface area contributed by atoms with Crippen LogP contribution in [0.1, 0.15) is 25.7 Å². The van der Waals surface area contributed by atoms with Gasteiger partial charge in [0.15, 0.2) is 5.17 Å². The molecule has 1 fully saturated rings. The molecule has 1 heterocycles. The molecule has 1 aromatic carbocycles. The highest BCUT2D eigenvalue weighted by atomic mass is 32.2. The van der Waals surface area contributed by atoms with Crippen molar-refractivity contribution in [3.8, 4) is 5.75 Å². The zero-order valence-corrected chi connectivity index (χ0v) is 12.1. The topological polar surface area (TPSA) is 33.6 Å². The van der Waals surface area contributed by atoms with Gasteiger partial charge in [0.2, 0.25) is 0 Å². The summed E-state index contributed by atoms with van der Waals surface area (Å²) in [5, 5.41) is 4.42. The summed E-state index contributed by atoms with van der Waals surface area (Å²) in [5.41, 5.74) is 1.50. The maximum atomic E-state index is 5.35. The van der Waals surface area contributed by atoms with Gasteiger partial charge in [0.25, 0.3) is 0 Å². The second kappa shape index (κ2) is 5.45. The number of nitrogens with zero attached hydrogens (tertiary/aromatic N) is 1. The first-order valence-corrected chi connectivity index (χ1v) is 7.87. The molecule has 0 unspecified atom stereocenters. The molecular formula is C15H20N2OS. The fourth-order valence-corrected chi connectivity index (χ4v) is 4.08. The minimum atomic E-state index is 0.497. The lowest BCUT2D eigenvalue weighted by molar-refractivity contribution is 0.359. The van der Waals surface area contributed by atoms with Crippen molar-refractivity contribution in [3.05, 3.63) is 24.3 Å². The van der Waals surface area contributed by atoms with Gasteiger partial charge in [-0.05, 0) is 30.4 Å². The monoisotopic (exact) mass is 276 g/mol. The summed E-state index contributed by atoms with van der Waals surface area (Å²) in [6.07, 6.45) is 5.47. The molecule has 1 aliphatic carbocycles. The van der Waals surface area contributed by atoms with Crippen molar-refractivity contribution in [2.24, 2.45) is 10.4 Å². The van der Waals surface area contributed by atoms with E-state index in [2.05, 4.69) is 5.32 Å². The van der Waals surface area contributed by atoms with Gasteiger partial charge < -0.3 is 10.1 Å². The molecule has 2 aliphatic rings. The van der Waals surface area contributed by atoms with Crippen LogP contribution in [0.25, 0.3) is 0 Å². The molecule has 19 heavy (non-hydrogen) atoms. The van der Waals surface area contributed by atoms with Crippen LogP contribution in [-0.4, -0.2) is 24.6 Å². The van der Waals surface area contributed by atoms with E-state index in [1.165, 1.54) is 31.4 Å². The van der Waals surface area contributed by atoms with Gasteiger partial charge in [0.05, 0.1) is 12.8 Å². The SMILES string of the molecule is COc1ccccc1NC1=NCC2(CCCC2)CS1. The Hall–Kier alpha value is -1.16. The predicted molar refractivity (Wildman–Crippen MR) is 82.3 cm³/mol. The smallest absolute Gasteiger partial charge is 0.161 e. The third kappa shape index (κ3) is 2.73. The number of hydrogen-bond donors (Lipinski definition) is 1. The number of anilines is 1. The number of methoxy groups -OCH3 is 1. The van der Waals surface area contributed by atoms with Gasteiger partial charge in [-0.25, -0.2) is 0 Å². The molecule has 1 saturated carbocycles. The average molecular weight is 276 g/mol. The van der Waals surface area contributed by atoms with Crippen molar-refractivity contribution in [1.82, 2.24) is 0 Å². The van der Waals surface area contributed by atoms with Crippen LogP contribution in [0.3, 0.4) is 0 Å². The molecule has 0 atom stereocenters. The van der Waals surface area contributed by atoms with Gasteiger partial charge in [0, 0.05) is 12.3 Å². The second-order valence-corrected chi connectivity index (χ2v) is 6.41. The van der Waals surface area contributed by atoms with E-state index in [9.17, 15) is 0 Å². The van der Waals surface area contributed by atoms with E-state index < -0.39 is 0 Å². The lowest BCUT2D eigenvalue weighted by atomic mass is 9.89. The van der Waals surface area contributed by atoms with E-state index in [0.717, 1.165) is 23.1 Å². The standard InChI is InChI=1S/C15H20N2OS/c1-18-13-7-3-2-6-12(13)17-14-16-10-15(11-19-14)8-4-5-9-15/h2-3,6-7H,4-5,8-11H2,1H3,(H,16,17). The number of para-hydroxylation sites is 2. The van der Waals surface area contributed by atoms with Crippen LogP contribution in [0, 0.1) is 5.41 Å². The van der Waals surface area contributed by atoms with Gasteiger partial charge >= 0.3 is 0 Å². The van der Waals surface area contributed by atoms with Crippen LogP contribution in [-0.2, 0) is 0 Å². The van der Waals surface area contributed by atoms with Crippen LogP contribution >= 0.6 is 11.8 Å². The first-order chi connectivity index (χ1) is 9.31. The maximum Gasteiger partial charge on any atom is 0.161 e. The molecule has 102 valence electrons. The third-order valence-corrected chi connectivity index (χ3v) is 5.35. The molecule has 1 spiro atoms. The van der Waals surface area contributed by atoms with Crippen LogP contribution in [0.5, 0.6) is 5.75 Å². The Morgan fingerprint density at radius 3 is 2.74 bits per heavy atom. The van der Waals surface area contributed by atoms with Crippen LogP contribution < -0.4 is 10.1 Å². The summed E-state index contributed by atoms with van der Waals surface area (Å²) in [4.78, 5) is 4.75. The fourth-order valence-electron chi connectivity index (χ4n) is 2.92. The highest BCUT2D eigenvalue weighted by molar-refractivity contribution is 8.14. The van der Waals surface area contributed by atoms with Crippen molar-refractivity contribution >= 4 is 22.6 Å². The zero-order valence-electron chi connectivity index (χ0n) is 11.3. The molecule has 0 saturated heterocycles. The Labute approximate surface area is 118 Å². The number of ether oxygens (including phenoxy) is 1. The average Bonchev–Trinajstić information content (AvgIpc) is 2.91. The summed E-state index contributed by atoms with van der Waals surface area (Å²) >= 11 is 1.86. The van der Waals surface area contributed by atoms with E-state index in [1.54, 1.807) is 7.11 Å². The second-order valence-electron chi connectivity index (χ2n) is 5.44. The summed E-state index contributed by atoms with van der Waals surface area (Å²) in [7, 11) is 1.70. The summed E-state index contributed by atoms with van der Waals surface area (Å²) in [5.74, 6) is 2.07. The van der Waals surface area contributed by atoms with Crippen LogP contribution in [0.15, 0.2) is 29.3 Å². The number of aliphatic imine (C=N–C) groups is 1. The van der Waals surface area contributed by atoms with E-state index in [0.29, 0.717) is 5.41 Å². The van der Waals surface area contributed by atoms with E-state index >= 15 is 0 Å². The highest BCUT2D eigenvalue weighted by Crippen LogP contribution is 2.43. The molecule has 0 bridgehead atoms. The van der Waals surface area contributed by atoms with Gasteiger partial charge in [-0.3, -0.25) is 4.99 Å². The lowest BCUT2D eigenvalue weighted by Gasteiger charge is -2.31. The number of nitrogens with one attached hydrogen (secondary N) is 1. The molecule has 3 nitrogen and oxygen atoms in total. The molecule has 0 amide bonds. The minimum Gasteiger partial charge on any atom is -0.495 e. The van der Waals surface area contributed by atoms with Crippen molar-refractivity contribution in [2.45, 2.75) is 25.7 Å². The lowest BCUT2D eigenvalue weighted by Crippen LogP contribution is -2.30. The summed E-state index contributed by atoms with van der Waals surface area (Å²) < 4.78 is 5.35. The molecule has 1 aromatic rings. The van der Waals surface area contributed by atoms with Gasteiger partial charge in [-0.1, -0.05) is 36.7 Å². The quantitative estimate of drug-likeness (QED) is 0.892. The summed E-state index contributed by atoms with van der Waals surface area (Å²) in [6, 6.07) is 7.99. The van der Waals surface area contributed by atoms with Crippen molar-refractivity contribution in [2.75, 3.05) is 24.7 Å². The van der Waals surface area contributed by atoms with E-state index in [-0.39, 0.29) is 0 Å². The molecule has 0 aromatic heterocycles. The Morgan fingerprint density at radius 2 is 2.05 bits per heavy atom. The largest absolute Gasteiger partial charge is 0.495 e. The highest BCUT2D eigenvalue weighted by Gasteiger charge is 2.36. The maximum absolute atomic E-state index is 5.35. The van der Waals surface area contributed by atoms with Crippen molar-refractivity contribution < 1.29 is 4.74 Å². The Morgan fingerprint density at radius 1 is 1.26 bits per heavy atom. The third-order valence-electron chi connectivity index (χ3n) is 4.09. The Balaban J connectivity index is 1.69. The number of amidine groups is 1. The first kappa shape index (κ1) is 12.9. The molecular weight excluding hydrogens is 256 g/mol. The summed E-state index contributed by atoms with van der Waals surface area (Å²) in [6.45, 7) is 0.984. The minimum absolute atomic E-state index is 0.497. The Kier molecular flexibility index (Phi) is 3.69. The zero-order chi connectivity index (χ0) is 13.1. The predicted octanol–water partition coefficient (Wildman–Crippen LogP) is 3.77. The van der Waals surface area contributed by atoms with Gasteiger partial charge in [-0.2, -0.15) is 0 Å². The normalized spacial score (nSPS) is 21.2. The van der Waals surface area contributed by atoms with Gasteiger partial charge in [0.1, 0.15) is 5.75 Å². The number of rotatable bonds is 2. The number of thioether (sulfide) groups is 1.